The van der Waals surface area contributed by atoms with Crippen LogP contribution in [0.25, 0.3) is 0 Å². The molecule has 1 aromatic rings. The predicted octanol–water partition coefficient (Wildman–Crippen LogP) is 1.07. The molecule has 6 nitrogen and oxygen atoms in total. The Balaban J connectivity index is 1.91. The van der Waals surface area contributed by atoms with Gasteiger partial charge in [-0.15, -0.1) is 0 Å². The topological polar surface area (TPSA) is 88.0 Å². The van der Waals surface area contributed by atoms with Crippen molar-refractivity contribution in [3.8, 4) is 0 Å². The van der Waals surface area contributed by atoms with Crippen LogP contribution < -0.4 is 5.32 Å². The SMILES string of the molecule is COC1(O)C=CC(/C=C/C(=O)NCCc2ccccc2)=CC1(O)OC. The van der Waals surface area contributed by atoms with Crippen LogP contribution in [0, 0.1) is 0 Å². The average molecular weight is 345 g/mol. The fourth-order valence-corrected chi connectivity index (χ4v) is 2.43. The van der Waals surface area contributed by atoms with Gasteiger partial charge in [0.15, 0.2) is 0 Å². The average Bonchev–Trinajstić information content (AvgIpc) is 2.63. The van der Waals surface area contributed by atoms with Crippen LogP contribution in [0.2, 0.25) is 0 Å². The van der Waals surface area contributed by atoms with E-state index in [0.717, 1.165) is 12.0 Å². The number of ether oxygens (including phenoxy) is 2. The first-order valence-corrected chi connectivity index (χ1v) is 7.89. The van der Waals surface area contributed by atoms with Crippen molar-refractivity contribution < 1.29 is 24.5 Å². The van der Waals surface area contributed by atoms with E-state index in [0.29, 0.717) is 12.1 Å². The van der Waals surface area contributed by atoms with Gasteiger partial charge in [-0.2, -0.15) is 0 Å². The first-order chi connectivity index (χ1) is 11.9. The van der Waals surface area contributed by atoms with Gasteiger partial charge in [-0.3, -0.25) is 4.79 Å². The zero-order valence-electron chi connectivity index (χ0n) is 14.3. The number of carbonyl (C=O) groups is 1. The van der Waals surface area contributed by atoms with Crippen LogP contribution in [0.5, 0.6) is 0 Å². The third-order valence-corrected chi connectivity index (χ3v) is 3.98. The highest BCUT2D eigenvalue weighted by Crippen LogP contribution is 2.32. The summed E-state index contributed by atoms with van der Waals surface area (Å²) in [5.41, 5.74) is 1.65. The Hall–Kier alpha value is -2.25. The van der Waals surface area contributed by atoms with Crippen LogP contribution in [0.1, 0.15) is 5.56 Å². The van der Waals surface area contributed by atoms with E-state index in [9.17, 15) is 15.0 Å². The van der Waals surface area contributed by atoms with Crippen LogP contribution >= 0.6 is 0 Å². The Morgan fingerprint density at radius 3 is 2.48 bits per heavy atom. The molecule has 1 aromatic carbocycles. The Kier molecular flexibility index (Phi) is 6.27. The monoisotopic (exact) mass is 345 g/mol. The molecular formula is C19H23NO5. The fraction of sp³-hybridized carbons (Fsp3) is 0.316. The van der Waals surface area contributed by atoms with Crippen molar-refractivity contribution >= 4 is 5.91 Å². The van der Waals surface area contributed by atoms with Gasteiger partial charge >= 0.3 is 0 Å². The lowest BCUT2D eigenvalue weighted by molar-refractivity contribution is -0.327. The lowest BCUT2D eigenvalue weighted by Gasteiger charge is -2.38. The fourth-order valence-electron chi connectivity index (χ4n) is 2.43. The van der Waals surface area contributed by atoms with Gasteiger partial charge in [0.25, 0.3) is 0 Å². The molecule has 0 heterocycles. The number of rotatable bonds is 7. The second-order valence-electron chi connectivity index (χ2n) is 5.64. The van der Waals surface area contributed by atoms with E-state index in [1.165, 1.54) is 44.6 Å². The van der Waals surface area contributed by atoms with Gasteiger partial charge in [-0.05, 0) is 35.8 Å². The van der Waals surface area contributed by atoms with Gasteiger partial charge in [0.1, 0.15) is 0 Å². The summed E-state index contributed by atoms with van der Waals surface area (Å²) in [7, 11) is 2.50. The molecule has 0 fully saturated rings. The largest absolute Gasteiger partial charge is 0.358 e. The van der Waals surface area contributed by atoms with E-state index in [-0.39, 0.29) is 5.91 Å². The van der Waals surface area contributed by atoms with Gasteiger partial charge < -0.3 is 25.0 Å². The zero-order valence-corrected chi connectivity index (χ0v) is 14.3. The molecule has 25 heavy (non-hydrogen) atoms. The van der Waals surface area contributed by atoms with Crippen molar-refractivity contribution in [2.24, 2.45) is 0 Å². The minimum absolute atomic E-state index is 0.251. The van der Waals surface area contributed by atoms with Crippen molar-refractivity contribution in [1.29, 1.82) is 0 Å². The number of benzene rings is 1. The molecule has 2 rings (SSSR count). The predicted molar refractivity (Wildman–Crippen MR) is 93.4 cm³/mol. The van der Waals surface area contributed by atoms with Gasteiger partial charge in [0, 0.05) is 26.8 Å². The molecule has 6 heteroatoms. The summed E-state index contributed by atoms with van der Waals surface area (Å²) in [5, 5.41) is 23.3. The maximum atomic E-state index is 11.9. The lowest BCUT2D eigenvalue weighted by Crippen LogP contribution is -2.55. The molecule has 1 amide bonds. The van der Waals surface area contributed by atoms with Crippen molar-refractivity contribution in [2.45, 2.75) is 18.0 Å². The third kappa shape index (κ3) is 4.64. The molecule has 1 aliphatic carbocycles. The maximum absolute atomic E-state index is 11.9. The van der Waals surface area contributed by atoms with Crippen LogP contribution in [-0.2, 0) is 20.7 Å². The summed E-state index contributed by atoms with van der Waals surface area (Å²) in [6, 6.07) is 9.86. The summed E-state index contributed by atoms with van der Waals surface area (Å²) in [6.07, 6.45) is 7.70. The molecule has 0 bridgehead atoms. The number of carbonyl (C=O) groups excluding carboxylic acids is 1. The van der Waals surface area contributed by atoms with E-state index >= 15 is 0 Å². The van der Waals surface area contributed by atoms with E-state index in [2.05, 4.69) is 5.32 Å². The maximum Gasteiger partial charge on any atom is 0.246 e. The van der Waals surface area contributed by atoms with E-state index < -0.39 is 11.6 Å². The molecule has 0 saturated carbocycles. The van der Waals surface area contributed by atoms with Crippen molar-refractivity contribution in [3.05, 3.63) is 71.8 Å². The quantitative estimate of drug-likeness (QED) is 0.508. The normalized spacial score (nSPS) is 25.8. The standard InChI is InChI=1S/C19H23NO5/c1-24-18(22)12-10-16(14-19(18,23)25-2)8-9-17(21)20-13-11-15-6-4-3-5-7-15/h3-10,12,14,22-23H,11,13H2,1-2H3,(H,20,21)/b9-8+. The second-order valence-corrected chi connectivity index (χ2v) is 5.64. The lowest BCUT2D eigenvalue weighted by atomic mass is 9.95. The zero-order chi connectivity index (χ0) is 18.3. The second kappa shape index (κ2) is 8.22. The minimum Gasteiger partial charge on any atom is -0.358 e. The van der Waals surface area contributed by atoms with Crippen LogP contribution in [-0.4, -0.2) is 48.5 Å². The molecule has 2 unspecified atom stereocenters. The van der Waals surface area contributed by atoms with Crippen LogP contribution in [0.4, 0.5) is 0 Å². The Morgan fingerprint density at radius 2 is 1.84 bits per heavy atom. The molecular weight excluding hydrogens is 322 g/mol. The number of nitrogens with one attached hydrogen (secondary N) is 1. The first-order valence-electron chi connectivity index (χ1n) is 7.89. The number of allylic oxidation sites excluding steroid dienone is 3. The van der Waals surface area contributed by atoms with E-state index in [1.54, 1.807) is 0 Å². The summed E-state index contributed by atoms with van der Waals surface area (Å²) in [4.78, 5) is 11.9. The van der Waals surface area contributed by atoms with Gasteiger partial charge in [0.2, 0.25) is 17.5 Å². The highest BCUT2D eigenvalue weighted by atomic mass is 16.7. The number of hydrogen-bond donors (Lipinski definition) is 3. The van der Waals surface area contributed by atoms with Crippen molar-refractivity contribution in [1.82, 2.24) is 5.32 Å². The summed E-state index contributed by atoms with van der Waals surface area (Å²) in [6.45, 7) is 0.521. The molecule has 134 valence electrons. The van der Waals surface area contributed by atoms with Crippen LogP contribution in [0.15, 0.2) is 66.3 Å². The van der Waals surface area contributed by atoms with Crippen LogP contribution in [0.3, 0.4) is 0 Å². The molecule has 0 saturated heterocycles. The molecule has 2 atom stereocenters. The molecule has 1 aliphatic rings. The Morgan fingerprint density at radius 1 is 1.16 bits per heavy atom. The molecule has 0 aliphatic heterocycles. The van der Waals surface area contributed by atoms with Gasteiger partial charge in [-0.1, -0.05) is 36.4 Å². The smallest absolute Gasteiger partial charge is 0.246 e. The van der Waals surface area contributed by atoms with Gasteiger partial charge in [-0.25, -0.2) is 0 Å². The third-order valence-electron chi connectivity index (χ3n) is 3.98. The minimum atomic E-state index is -2.04. The van der Waals surface area contributed by atoms with E-state index in [1.807, 2.05) is 30.3 Å². The summed E-state index contributed by atoms with van der Waals surface area (Å²) in [5.74, 6) is -4.28. The highest BCUT2D eigenvalue weighted by molar-refractivity contribution is 5.88. The highest BCUT2D eigenvalue weighted by Gasteiger charge is 2.49. The Bertz CT molecular complexity index is 682. The molecule has 0 aromatic heterocycles. The van der Waals surface area contributed by atoms with Crippen molar-refractivity contribution in [2.75, 3.05) is 20.8 Å². The molecule has 0 spiro atoms. The number of aliphatic hydroxyl groups is 2. The summed E-state index contributed by atoms with van der Waals surface area (Å²) >= 11 is 0. The first kappa shape index (κ1) is 19.1. The summed E-state index contributed by atoms with van der Waals surface area (Å²) < 4.78 is 9.85. The number of methoxy groups -OCH3 is 2. The van der Waals surface area contributed by atoms with Gasteiger partial charge in [0.05, 0.1) is 0 Å². The van der Waals surface area contributed by atoms with Crippen molar-refractivity contribution in [3.63, 3.8) is 0 Å². The Labute approximate surface area is 147 Å². The molecule has 0 radical (unpaired) electrons. The van der Waals surface area contributed by atoms with E-state index in [4.69, 9.17) is 9.47 Å². The number of amides is 1. The number of hydrogen-bond acceptors (Lipinski definition) is 5. The molecule has 3 N–H and O–H groups in total.